The largest absolute Gasteiger partial charge is 0.383 e. The van der Waals surface area contributed by atoms with Gasteiger partial charge in [0.05, 0.1) is 18.0 Å². The third kappa shape index (κ3) is 3.87. The Hall–Kier alpha value is -2.51. The van der Waals surface area contributed by atoms with Crippen LogP contribution in [0.2, 0.25) is 0 Å². The van der Waals surface area contributed by atoms with Crippen molar-refractivity contribution in [2.24, 2.45) is 10.7 Å². The van der Waals surface area contributed by atoms with Crippen molar-refractivity contribution < 1.29 is 4.74 Å². The second-order valence-corrected chi connectivity index (χ2v) is 5.76. The second kappa shape index (κ2) is 7.37. The number of ether oxygens (including phenoxy) is 1. The fourth-order valence-electron chi connectivity index (χ4n) is 2.59. The summed E-state index contributed by atoms with van der Waals surface area (Å²) in [6.45, 7) is 3.10. The number of hydrogen-bond donors (Lipinski definition) is 3. The lowest BCUT2D eigenvalue weighted by Gasteiger charge is -2.12. The van der Waals surface area contributed by atoms with E-state index in [2.05, 4.69) is 38.6 Å². The molecule has 126 valence electrons. The molecule has 7 heteroatoms. The molecule has 3 rings (SSSR count). The molecule has 0 amide bonds. The van der Waals surface area contributed by atoms with E-state index in [1.807, 2.05) is 24.3 Å². The average molecular weight is 326 g/mol. The van der Waals surface area contributed by atoms with E-state index in [0.29, 0.717) is 24.9 Å². The van der Waals surface area contributed by atoms with Gasteiger partial charge in [-0.1, -0.05) is 6.07 Å². The van der Waals surface area contributed by atoms with Crippen LogP contribution in [-0.4, -0.2) is 42.3 Å². The monoisotopic (exact) mass is 326 g/mol. The summed E-state index contributed by atoms with van der Waals surface area (Å²) >= 11 is 0. The summed E-state index contributed by atoms with van der Waals surface area (Å²) in [6.07, 6.45) is 3.85. The summed E-state index contributed by atoms with van der Waals surface area (Å²) in [5.74, 6) is 1.25. The Balaban J connectivity index is 1.74. The minimum absolute atomic E-state index is 0.106. The first-order valence-electron chi connectivity index (χ1n) is 7.93. The number of nitrogens with zero attached hydrogens (tertiary/aromatic N) is 3. The van der Waals surface area contributed by atoms with Crippen molar-refractivity contribution in [3.05, 3.63) is 41.0 Å². The first-order valence-corrected chi connectivity index (χ1v) is 7.93. The Morgan fingerprint density at radius 1 is 1.33 bits per heavy atom. The fraction of sp³-hybridized carbons (Fsp3) is 0.353. The van der Waals surface area contributed by atoms with E-state index < -0.39 is 0 Å². The molecule has 1 aliphatic heterocycles. The molecule has 4 N–H and O–H groups in total. The topological polar surface area (TPSA) is 97.5 Å². The van der Waals surface area contributed by atoms with E-state index in [-0.39, 0.29) is 12.1 Å². The Kier molecular flexibility index (Phi) is 5.02. The maximum atomic E-state index is 5.89. The van der Waals surface area contributed by atoms with Gasteiger partial charge in [-0.2, -0.15) is 4.98 Å². The highest BCUT2D eigenvalue weighted by molar-refractivity contribution is 5.60. The normalized spacial score (nSPS) is 16.7. The highest BCUT2D eigenvalue weighted by atomic mass is 16.5. The lowest BCUT2D eigenvalue weighted by atomic mass is 10.2. The van der Waals surface area contributed by atoms with Crippen molar-refractivity contribution in [1.29, 1.82) is 0 Å². The molecule has 0 radical (unpaired) electrons. The van der Waals surface area contributed by atoms with Gasteiger partial charge < -0.3 is 21.1 Å². The van der Waals surface area contributed by atoms with Crippen molar-refractivity contribution >= 4 is 23.5 Å². The highest BCUT2D eigenvalue weighted by Crippen LogP contribution is 2.12. The minimum atomic E-state index is -0.106. The maximum Gasteiger partial charge on any atom is 0.224 e. The van der Waals surface area contributed by atoms with Crippen molar-refractivity contribution in [3.8, 4) is 0 Å². The Bertz CT molecular complexity index is 822. The maximum absolute atomic E-state index is 5.89. The van der Waals surface area contributed by atoms with Crippen molar-refractivity contribution in [3.63, 3.8) is 0 Å². The van der Waals surface area contributed by atoms with Gasteiger partial charge in [0.25, 0.3) is 0 Å². The number of methoxy groups -OCH3 is 1. The number of rotatable bonds is 7. The summed E-state index contributed by atoms with van der Waals surface area (Å²) in [7, 11) is 1.63. The quantitative estimate of drug-likeness (QED) is 0.682. The van der Waals surface area contributed by atoms with E-state index in [4.69, 9.17) is 10.5 Å². The molecular formula is C17H22N6O. The molecule has 1 unspecified atom stereocenters. The molecule has 2 atom stereocenters. The van der Waals surface area contributed by atoms with E-state index in [9.17, 15) is 0 Å². The molecule has 0 fully saturated rings. The lowest BCUT2D eigenvalue weighted by Crippen LogP contribution is -2.33. The summed E-state index contributed by atoms with van der Waals surface area (Å²) < 4.78 is 5.02. The van der Waals surface area contributed by atoms with Gasteiger partial charge >= 0.3 is 0 Å². The summed E-state index contributed by atoms with van der Waals surface area (Å²) in [6, 6.07) is 7.95. The Morgan fingerprint density at radius 2 is 2.21 bits per heavy atom. The van der Waals surface area contributed by atoms with Gasteiger partial charge in [-0.3, -0.25) is 4.99 Å². The van der Waals surface area contributed by atoms with Crippen LogP contribution in [0.15, 0.2) is 35.5 Å². The number of anilines is 3. The number of aromatic nitrogens is 2. The molecule has 1 aromatic heterocycles. The zero-order chi connectivity index (χ0) is 16.9. The zero-order valence-electron chi connectivity index (χ0n) is 13.9. The second-order valence-electron chi connectivity index (χ2n) is 5.76. The first kappa shape index (κ1) is 16.4. The third-order valence-electron chi connectivity index (χ3n) is 3.66. The van der Waals surface area contributed by atoms with Gasteiger partial charge in [-0.05, 0) is 31.2 Å². The summed E-state index contributed by atoms with van der Waals surface area (Å²) in [4.78, 5) is 13.3. The van der Waals surface area contributed by atoms with Crippen LogP contribution in [0.25, 0.3) is 6.08 Å². The van der Waals surface area contributed by atoms with Crippen molar-refractivity contribution in [2.45, 2.75) is 19.0 Å². The van der Waals surface area contributed by atoms with Crippen LogP contribution in [-0.2, 0) is 4.74 Å². The van der Waals surface area contributed by atoms with Crippen LogP contribution in [0, 0.1) is 0 Å². The Morgan fingerprint density at radius 3 is 3.04 bits per heavy atom. The molecule has 2 heterocycles. The molecule has 1 aromatic carbocycles. The van der Waals surface area contributed by atoms with Crippen LogP contribution < -0.4 is 26.9 Å². The van der Waals surface area contributed by atoms with Crippen LogP contribution in [0.3, 0.4) is 0 Å². The van der Waals surface area contributed by atoms with Crippen LogP contribution in [0.4, 0.5) is 17.5 Å². The van der Waals surface area contributed by atoms with Gasteiger partial charge in [0.15, 0.2) is 0 Å². The van der Waals surface area contributed by atoms with E-state index in [1.165, 1.54) is 0 Å². The third-order valence-corrected chi connectivity index (χ3v) is 3.66. The zero-order valence-corrected chi connectivity index (χ0v) is 13.9. The number of nitrogens with one attached hydrogen (secondary N) is 2. The molecule has 24 heavy (non-hydrogen) atoms. The minimum Gasteiger partial charge on any atom is -0.383 e. The highest BCUT2D eigenvalue weighted by Gasteiger charge is 2.08. The molecule has 0 saturated heterocycles. The van der Waals surface area contributed by atoms with Crippen LogP contribution >= 0.6 is 0 Å². The molecule has 0 spiro atoms. The van der Waals surface area contributed by atoms with Crippen molar-refractivity contribution in [2.75, 3.05) is 30.9 Å². The summed E-state index contributed by atoms with van der Waals surface area (Å²) in [5.41, 5.74) is 6.88. The standard InChI is InChI=1S/C17H22N6O/c1-11-8-13-14(21-11)4-3-5-15(13)22-16-6-7-19-17(23-16)20-9-12(18)10-24-2/h3-8,11-12H,9-10,18H2,1-2H3,(H2,19,20,22,23)/t11-,12?/m1/s1. The van der Waals surface area contributed by atoms with Crippen LogP contribution in [0.1, 0.15) is 6.92 Å². The van der Waals surface area contributed by atoms with E-state index in [1.54, 1.807) is 13.3 Å². The number of benzene rings is 1. The average Bonchev–Trinajstić information content (AvgIpc) is 2.95. The van der Waals surface area contributed by atoms with Gasteiger partial charge in [0.1, 0.15) is 5.82 Å². The molecule has 1 aliphatic rings. The molecule has 0 saturated carbocycles. The Labute approximate surface area is 140 Å². The predicted molar refractivity (Wildman–Crippen MR) is 94.8 cm³/mol. The lowest BCUT2D eigenvalue weighted by molar-refractivity contribution is 0.183. The van der Waals surface area contributed by atoms with E-state index >= 15 is 0 Å². The van der Waals surface area contributed by atoms with Crippen LogP contribution in [0.5, 0.6) is 0 Å². The SMILES string of the molecule is COCC(N)CNc1nccc(Nc2cccc3c2=C[C@@H](C)N=3)n1. The van der Waals surface area contributed by atoms with Gasteiger partial charge in [0.2, 0.25) is 5.95 Å². The number of nitrogens with two attached hydrogens (primary N) is 1. The molecule has 0 aliphatic carbocycles. The van der Waals surface area contributed by atoms with Gasteiger partial charge in [-0.25, -0.2) is 4.98 Å². The predicted octanol–water partition coefficient (Wildman–Crippen LogP) is 0.408. The van der Waals surface area contributed by atoms with E-state index in [0.717, 1.165) is 16.3 Å². The molecule has 2 aromatic rings. The summed E-state index contributed by atoms with van der Waals surface area (Å²) in [5, 5.41) is 8.58. The van der Waals surface area contributed by atoms with Crippen molar-refractivity contribution in [1.82, 2.24) is 9.97 Å². The smallest absolute Gasteiger partial charge is 0.224 e. The first-order chi connectivity index (χ1) is 11.7. The van der Waals surface area contributed by atoms with Gasteiger partial charge in [0, 0.05) is 36.8 Å². The molecule has 0 bridgehead atoms. The number of hydrogen-bond acceptors (Lipinski definition) is 7. The van der Waals surface area contributed by atoms with Gasteiger partial charge in [-0.15, -0.1) is 0 Å². The molecule has 7 nitrogen and oxygen atoms in total. The molecular weight excluding hydrogens is 304 g/mol. The fourth-order valence-corrected chi connectivity index (χ4v) is 2.59. The number of fused-ring (bicyclic) bond motifs is 1.